The Labute approximate surface area is 219 Å². The molecular weight excluding hydrogens is 491 g/mol. The number of fused-ring (bicyclic) bond motifs is 3. The van der Waals surface area contributed by atoms with Crippen LogP contribution in [0.15, 0.2) is 48.9 Å². The van der Waals surface area contributed by atoms with E-state index in [9.17, 15) is 4.79 Å². The molecule has 3 heterocycles. The Morgan fingerprint density at radius 1 is 1.19 bits per heavy atom. The van der Waals surface area contributed by atoms with Crippen LogP contribution < -0.4 is 10.6 Å². The third kappa shape index (κ3) is 4.19. The molecule has 1 saturated carbocycles. The summed E-state index contributed by atoms with van der Waals surface area (Å²) in [6.07, 6.45) is 7.30. The summed E-state index contributed by atoms with van der Waals surface area (Å²) in [6, 6.07) is 10.3. The summed E-state index contributed by atoms with van der Waals surface area (Å²) in [4.78, 5) is 17.0. The summed E-state index contributed by atoms with van der Waals surface area (Å²) in [5, 5.41) is 10.5. The number of rotatable bonds is 6. The SMILES string of the molecule is Cc1nn(CC2CCC2)c(C)c1-c1cc(F)c(NC(=O)NCC2c3ccccc3-c3cncn32)cc1Cl. The second kappa shape index (κ2) is 9.34. The standard InChI is InChI=1S/C28H28ClFN6O/c1-16-27(17(2)36(34-16)14-18-6-5-7-18)21-10-23(30)24(11-22(21)29)33-28(37)32-13-26-20-9-4-3-8-19(20)25-12-31-15-35(25)26/h3-4,8-12,15,18,26H,5-7,13-14H2,1-2H3,(H2,32,33,37). The molecule has 1 fully saturated rings. The number of carbonyl (C=O) groups is 1. The van der Waals surface area contributed by atoms with Crippen molar-refractivity contribution in [2.75, 3.05) is 11.9 Å². The number of nitrogens with one attached hydrogen (secondary N) is 2. The van der Waals surface area contributed by atoms with Crippen molar-refractivity contribution in [3.63, 3.8) is 0 Å². The molecule has 0 radical (unpaired) electrons. The van der Waals surface area contributed by atoms with Gasteiger partial charge in [0.25, 0.3) is 0 Å². The summed E-state index contributed by atoms with van der Waals surface area (Å²) in [5.74, 6) is 0.101. The van der Waals surface area contributed by atoms with Crippen LogP contribution in [0.3, 0.4) is 0 Å². The fourth-order valence-corrected chi connectivity index (χ4v) is 5.77. The number of aromatic nitrogens is 4. The molecule has 190 valence electrons. The van der Waals surface area contributed by atoms with Gasteiger partial charge in [0.2, 0.25) is 0 Å². The van der Waals surface area contributed by atoms with Crippen molar-refractivity contribution in [2.24, 2.45) is 5.92 Å². The van der Waals surface area contributed by atoms with Crippen molar-refractivity contribution >= 4 is 23.3 Å². The number of aryl methyl sites for hydroxylation is 1. The van der Waals surface area contributed by atoms with Gasteiger partial charge in [-0.1, -0.05) is 42.3 Å². The summed E-state index contributed by atoms with van der Waals surface area (Å²) in [7, 11) is 0. The number of amides is 2. The van der Waals surface area contributed by atoms with Crippen molar-refractivity contribution in [3.05, 3.63) is 76.7 Å². The number of hydrogen-bond donors (Lipinski definition) is 2. The largest absolute Gasteiger partial charge is 0.335 e. The first-order chi connectivity index (χ1) is 17.9. The van der Waals surface area contributed by atoms with E-state index in [1.807, 2.05) is 53.6 Å². The van der Waals surface area contributed by atoms with Crippen LogP contribution in [0.25, 0.3) is 22.4 Å². The van der Waals surface area contributed by atoms with Crippen LogP contribution >= 0.6 is 11.6 Å². The highest BCUT2D eigenvalue weighted by Crippen LogP contribution is 2.39. The molecule has 1 aliphatic heterocycles. The van der Waals surface area contributed by atoms with Gasteiger partial charge in [-0.25, -0.2) is 14.2 Å². The van der Waals surface area contributed by atoms with Crippen molar-refractivity contribution < 1.29 is 9.18 Å². The van der Waals surface area contributed by atoms with Gasteiger partial charge < -0.3 is 15.2 Å². The number of urea groups is 1. The Kier molecular flexibility index (Phi) is 5.99. The predicted molar refractivity (Wildman–Crippen MR) is 142 cm³/mol. The number of hydrogen-bond acceptors (Lipinski definition) is 3. The second-order valence-corrected chi connectivity index (χ2v) is 10.4. The summed E-state index contributed by atoms with van der Waals surface area (Å²) in [6.45, 7) is 5.12. The summed E-state index contributed by atoms with van der Waals surface area (Å²) < 4.78 is 19.2. The lowest BCUT2D eigenvalue weighted by Gasteiger charge is -2.25. The summed E-state index contributed by atoms with van der Waals surface area (Å²) in [5.41, 5.74) is 6.46. The number of nitrogens with zero attached hydrogens (tertiary/aromatic N) is 4. The van der Waals surface area contributed by atoms with Crippen molar-refractivity contribution in [1.29, 1.82) is 0 Å². The van der Waals surface area contributed by atoms with E-state index in [4.69, 9.17) is 11.6 Å². The highest BCUT2D eigenvalue weighted by molar-refractivity contribution is 6.33. The zero-order chi connectivity index (χ0) is 25.7. The minimum atomic E-state index is -0.553. The van der Waals surface area contributed by atoms with Crippen LogP contribution in [0.1, 0.15) is 42.3 Å². The molecule has 7 nitrogen and oxygen atoms in total. The van der Waals surface area contributed by atoms with Gasteiger partial charge in [0, 0.05) is 35.5 Å². The first-order valence-electron chi connectivity index (χ1n) is 12.6. The van der Waals surface area contributed by atoms with Gasteiger partial charge in [-0.3, -0.25) is 4.68 Å². The molecule has 4 aromatic rings. The first kappa shape index (κ1) is 23.7. The highest BCUT2D eigenvalue weighted by Gasteiger charge is 2.28. The maximum Gasteiger partial charge on any atom is 0.319 e. The third-order valence-corrected chi connectivity index (χ3v) is 7.98. The fourth-order valence-electron chi connectivity index (χ4n) is 5.52. The molecule has 0 spiro atoms. The minimum Gasteiger partial charge on any atom is -0.335 e. The van der Waals surface area contributed by atoms with Gasteiger partial charge in [-0.05, 0) is 50.3 Å². The quantitative estimate of drug-likeness (QED) is 0.312. The Balaban J connectivity index is 1.17. The molecular formula is C28H28ClFN6O. The monoisotopic (exact) mass is 518 g/mol. The number of carbonyl (C=O) groups excluding carboxylic acids is 1. The Morgan fingerprint density at radius 2 is 2.00 bits per heavy atom. The molecule has 1 atom stereocenters. The lowest BCUT2D eigenvalue weighted by molar-refractivity contribution is 0.251. The normalized spacial score (nSPS) is 16.3. The average Bonchev–Trinajstić information content (AvgIpc) is 3.51. The molecule has 1 aliphatic carbocycles. The van der Waals surface area contributed by atoms with Gasteiger partial charge in [0.1, 0.15) is 5.82 Å². The van der Waals surface area contributed by atoms with Gasteiger partial charge in [0.05, 0.1) is 40.7 Å². The van der Waals surface area contributed by atoms with Gasteiger partial charge in [0.15, 0.2) is 0 Å². The Hall–Kier alpha value is -3.65. The number of imidazole rings is 1. The van der Waals surface area contributed by atoms with Crippen molar-refractivity contribution in [3.8, 4) is 22.4 Å². The molecule has 0 saturated heterocycles. The topological polar surface area (TPSA) is 76.8 Å². The molecule has 2 amide bonds. The minimum absolute atomic E-state index is 0.0264. The van der Waals surface area contributed by atoms with Crippen LogP contribution in [0.2, 0.25) is 5.02 Å². The van der Waals surface area contributed by atoms with Gasteiger partial charge in [-0.15, -0.1) is 0 Å². The number of benzene rings is 2. The zero-order valence-corrected chi connectivity index (χ0v) is 21.5. The van der Waals surface area contributed by atoms with E-state index in [1.54, 1.807) is 6.33 Å². The van der Waals surface area contributed by atoms with Crippen LogP contribution in [0, 0.1) is 25.6 Å². The van der Waals surface area contributed by atoms with E-state index in [-0.39, 0.29) is 11.7 Å². The number of anilines is 1. The molecule has 2 aliphatic rings. The smallest absolute Gasteiger partial charge is 0.319 e. The third-order valence-electron chi connectivity index (χ3n) is 7.67. The van der Waals surface area contributed by atoms with Crippen molar-refractivity contribution in [2.45, 2.75) is 45.7 Å². The van der Waals surface area contributed by atoms with E-state index >= 15 is 4.39 Å². The van der Waals surface area contributed by atoms with Crippen LogP contribution in [-0.4, -0.2) is 31.9 Å². The van der Waals surface area contributed by atoms with Crippen LogP contribution in [0.4, 0.5) is 14.9 Å². The van der Waals surface area contributed by atoms with Gasteiger partial charge >= 0.3 is 6.03 Å². The molecule has 0 bridgehead atoms. The Morgan fingerprint density at radius 3 is 2.78 bits per heavy atom. The maximum absolute atomic E-state index is 15.2. The molecule has 2 aromatic carbocycles. The Bertz CT molecular complexity index is 1500. The van der Waals surface area contributed by atoms with E-state index in [2.05, 4.69) is 20.7 Å². The predicted octanol–water partition coefficient (Wildman–Crippen LogP) is 6.35. The fraction of sp³-hybridized carbons (Fsp3) is 0.321. The second-order valence-electron chi connectivity index (χ2n) is 9.96. The first-order valence-corrected chi connectivity index (χ1v) is 13.0. The van der Waals surface area contributed by atoms with Gasteiger partial charge in [-0.2, -0.15) is 5.10 Å². The molecule has 9 heteroatoms. The molecule has 2 N–H and O–H groups in total. The summed E-state index contributed by atoms with van der Waals surface area (Å²) >= 11 is 6.61. The molecule has 6 rings (SSSR count). The van der Waals surface area contributed by atoms with E-state index in [0.29, 0.717) is 23.0 Å². The van der Waals surface area contributed by atoms with Crippen LogP contribution in [0.5, 0.6) is 0 Å². The van der Waals surface area contributed by atoms with E-state index < -0.39 is 11.8 Å². The maximum atomic E-state index is 15.2. The van der Waals surface area contributed by atoms with E-state index in [0.717, 1.165) is 40.3 Å². The molecule has 1 unspecified atom stereocenters. The van der Waals surface area contributed by atoms with Crippen LogP contribution in [-0.2, 0) is 6.54 Å². The molecule has 37 heavy (non-hydrogen) atoms. The lowest BCUT2D eigenvalue weighted by atomic mass is 9.85. The molecule has 2 aromatic heterocycles. The average molecular weight is 519 g/mol. The highest BCUT2D eigenvalue weighted by atomic mass is 35.5. The number of halogens is 2. The lowest BCUT2D eigenvalue weighted by Crippen LogP contribution is -2.33. The van der Waals surface area contributed by atoms with Crippen molar-refractivity contribution in [1.82, 2.24) is 24.6 Å². The van der Waals surface area contributed by atoms with E-state index in [1.165, 1.54) is 31.4 Å². The zero-order valence-electron chi connectivity index (χ0n) is 20.8.